The van der Waals surface area contributed by atoms with E-state index in [0.29, 0.717) is 5.82 Å². The summed E-state index contributed by atoms with van der Waals surface area (Å²) in [5.74, 6) is 0.535. The fraction of sp³-hybridized carbons (Fsp3) is 0.154. The molecule has 17 heavy (non-hydrogen) atoms. The zero-order valence-electron chi connectivity index (χ0n) is 9.77. The monoisotopic (exact) mass is 228 g/mol. The molecule has 2 aromatic rings. The third-order valence-corrected chi connectivity index (χ3v) is 2.66. The van der Waals surface area contributed by atoms with Crippen LogP contribution < -0.4 is 16.8 Å². The molecule has 1 heterocycles. The first kappa shape index (κ1) is 11.4. The molecule has 4 nitrogen and oxygen atoms in total. The van der Waals surface area contributed by atoms with E-state index in [1.54, 1.807) is 6.20 Å². The van der Waals surface area contributed by atoms with E-state index in [9.17, 15) is 0 Å². The first-order valence-electron chi connectivity index (χ1n) is 5.46. The van der Waals surface area contributed by atoms with Gasteiger partial charge in [0.25, 0.3) is 0 Å². The average molecular weight is 228 g/mol. The second-order valence-corrected chi connectivity index (χ2v) is 3.88. The Morgan fingerprint density at radius 3 is 2.76 bits per heavy atom. The number of nitrogen functional groups attached to an aromatic ring is 2. The van der Waals surface area contributed by atoms with Gasteiger partial charge in [0, 0.05) is 24.0 Å². The van der Waals surface area contributed by atoms with Crippen molar-refractivity contribution in [3.05, 3.63) is 42.1 Å². The van der Waals surface area contributed by atoms with E-state index in [4.69, 9.17) is 11.5 Å². The van der Waals surface area contributed by atoms with Gasteiger partial charge in [-0.2, -0.15) is 0 Å². The molecule has 0 amide bonds. The predicted molar refractivity (Wildman–Crippen MR) is 71.3 cm³/mol. The van der Waals surface area contributed by atoms with Gasteiger partial charge in [0.2, 0.25) is 0 Å². The van der Waals surface area contributed by atoms with Crippen molar-refractivity contribution in [2.75, 3.05) is 18.5 Å². The second-order valence-electron chi connectivity index (χ2n) is 3.88. The SMILES string of the molecule is CNCc1cc(-c2cccnc2N)ccc1N. The van der Waals surface area contributed by atoms with Gasteiger partial charge < -0.3 is 16.8 Å². The molecule has 0 bridgehead atoms. The average Bonchev–Trinajstić information content (AvgIpc) is 2.33. The van der Waals surface area contributed by atoms with Crippen molar-refractivity contribution < 1.29 is 0 Å². The van der Waals surface area contributed by atoms with Crippen LogP contribution in [0.1, 0.15) is 5.56 Å². The minimum Gasteiger partial charge on any atom is -0.398 e. The Kier molecular flexibility index (Phi) is 3.25. The van der Waals surface area contributed by atoms with Gasteiger partial charge in [-0.25, -0.2) is 4.98 Å². The molecule has 0 fully saturated rings. The lowest BCUT2D eigenvalue weighted by atomic mass is 10.0. The zero-order valence-corrected chi connectivity index (χ0v) is 9.77. The van der Waals surface area contributed by atoms with Gasteiger partial charge in [-0.15, -0.1) is 0 Å². The van der Waals surface area contributed by atoms with Crippen LogP contribution in [0.5, 0.6) is 0 Å². The van der Waals surface area contributed by atoms with E-state index in [0.717, 1.165) is 28.9 Å². The number of nitrogens with zero attached hydrogens (tertiary/aromatic N) is 1. The lowest BCUT2D eigenvalue weighted by Gasteiger charge is -2.09. The highest BCUT2D eigenvalue weighted by molar-refractivity contribution is 5.75. The van der Waals surface area contributed by atoms with Crippen LogP contribution in [0.25, 0.3) is 11.1 Å². The Hall–Kier alpha value is -2.07. The molecule has 0 saturated heterocycles. The molecule has 5 N–H and O–H groups in total. The van der Waals surface area contributed by atoms with Gasteiger partial charge in [0.15, 0.2) is 0 Å². The van der Waals surface area contributed by atoms with Crippen molar-refractivity contribution in [3.63, 3.8) is 0 Å². The van der Waals surface area contributed by atoms with E-state index >= 15 is 0 Å². The highest BCUT2D eigenvalue weighted by Gasteiger charge is 2.05. The molecule has 0 unspecified atom stereocenters. The van der Waals surface area contributed by atoms with Gasteiger partial charge >= 0.3 is 0 Å². The fourth-order valence-electron chi connectivity index (χ4n) is 1.78. The number of nitrogens with two attached hydrogens (primary N) is 2. The Balaban J connectivity index is 2.46. The van der Waals surface area contributed by atoms with Crippen LogP contribution in [0.3, 0.4) is 0 Å². The molecule has 88 valence electrons. The summed E-state index contributed by atoms with van der Waals surface area (Å²) in [4.78, 5) is 4.08. The van der Waals surface area contributed by atoms with Gasteiger partial charge in [-0.05, 0) is 42.4 Å². The molecule has 0 aliphatic heterocycles. The highest BCUT2D eigenvalue weighted by atomic mass is 14.8. The number of hydrogen-bond donors (Lipinski definition) is 3. The largest absolute Gasteiger partial charge is 0.398 e. The van der Waals surface area contributed by atoms with Gasteiger partial charge in [-0.3, -0.25) is 0 Å². The Morgan fingerprint density at radius 1 is 1.24 bits per heavy atom. The highest BCUT2D eigenvalue weighted by Crippen LogP contribution is 2.26. The number of benzene rings is 1. The van der Waals surface area contributed by atoms with Crippen LogP contribution in [0.4, 0.5) is 11.5 Å². The van der Waals surface area contributed by atoms with Crippen LogP contribution in [0.2, 0.25) is 0 Å². The van der Waals surface area contributed by atoms with Gasteiger partial charge in [-0.1, -0.05) is 6.07 Å². The van der Waals surface area contributed by atoms with E-state index in [1.807, 2.05) is 37.4 Å². The molecule has 0 saturated carbocycles. The molecule has 0 spiro atoms. The minimum absolute atomic E-state index is 0.535. The molecular weight excluding hydrogens is 212 g/mol. The van der Waals surface area contributed by atoms with Crippen LogP contribution in [0, 0.1) is 0 Å². The van der Waals surface area contributed by atoms with Crippen molar-refractivity contribution >= 4 is 11.5 Å². The summed E-state index contributed by atoms with van der Waals surface area (Å²) < 4.78 is 0. The quantitative estimate of drug-likeness (QED) is 0.698. The molecule has 1 aromatic carbocycles. The van der Waals surface area contributed by atoms with Gasteiger partial charge in [0.1, 0.15) is 5.82 Å². The van der Waals surface area contributed by atoms with Crippen molar-refractivity contribution in [3.8, 4) is 11.1 Å². The molecule has 0 radical (unpaired) electrons. The molecule has 0 aliphatic rings. The first-order chi connectivity index (χ1) is 8.22. The summed E-state index contributed by atoms with van der Waals surface area (Å²) >= 11 is 0. The number of hydrogen-bond acceptors (Lipinski definition) is 4. The summed E-state index contributed by atoms with van der Waals surface area (Å²) in [6, 6.07) is 9.73. The standard InChI is InChI=1S/C13H16N4/c1-16-8-10-7-9(4-5-12(10)14)11-3-2-6-17-13(11)15/h2-7,16H,8,14H2,1H3,(H2,15,17). The summed E-state index contributed by atoms with van der Waals surface area (Å²) in [5, 5.41) is 3.09. The molecule has 0 atom stereocenters. The van der Waals surface area contributed by atoms with Gasteiger partial charge in [0.05, 0.1) is 0 Å². The topological polar surface area (TPSA) is 77.0 Å². The lowest BCUT2D eigenvalue weighted by Crippen LogP contribution is -2.07. The number of pyridine rings is 1. The van der Waals surface area contributed by atoms with Crippen LogP contribution in [-0.2, 0) is 6.54 Å². The van der Waals surface area contributed by atoms with Crippen LogP contribution >= 0.6 is 0 Å². The third-order valence-electron chi connectivity index (χ3n) is 2.66. The van der Waals surface area contributed by atoms with E-state index < -0.39 is 0 Å². The van der Waals surface area contributed by atoms with E-state index in [2.05, 4.69) is 10.3 Å². The minimum atomic E-state index is 0.535. The number of anilines is 2. The van der Waals surface area contributed by atoms with Crippen molar-refractivity contribution in [2.45, 2.75) is 6.54 Å². The summed E-state index contributed by atoms with van der Waals surface area (Å²) in [6.07, 6.45) is 1.69. The number of aromatic nitrogens is 1. The molecule has 2 rings (SSSR count). The summed E-state index contributed by atoms with van der Waals surface area (Å²) in [6.45, 7) is 0.736. The van der Waals surface area contributed by atoms with Crippen molar-refractivity contribution in [1.29, 1.82) is 0 Å². The Morgan fingerprint density at radius 2 is 2.06 bits per heavy atom. The maximum Gasteiger partial charge on any atom is 0.131 e. The Bertz CT molecular complexity index is 523. The van der Waals surface area contributed by atoms with Crippen molar-refractivity contribution in [2.24, 2.45) is 0 Å². The molecule has 0 aliphatic carbocycles. The normalized spacial score (nSPS) is 10.4. The Labute approximate surface area is 101 Å². The number of nitrogens with one attached hydrogen (secondary N) is 1. The van der Waals surface area contributed by atoms with E-state index in [1.165, 1.54) is 0 Å². The number of rotatable bonds is 3. The molecule has 1 aromatic heterocycles. The third kappa shape index (κ3) is 2.37. The van der Waals surface area contributed by atoms with Crippen molar-refractivity contribution in [1.82, 2.24) is 10.3 Å². The lowest BCUT2D eigenvalue weighted by molar-refractivity contribution is 0.820. The first-order valence-corrected chi connectivity index (χ1v) is 5.46. The second kappa shape index (κ2) is 4.84. The predicted octanol–water partition coefficient (Wildman–Crippen LogP) is 1.63. The summed E-state index contributed by atoms with van der Waals surface area (Å²) in [5.41, 5.74) is 15.6. The maximum atomic E-state index is 5.90. The maximum absolute atomic E-state index is 5.90. The zero-order chi connectivity index (χ0) is 12.3. The summed E-state index contributed by atoms with van der Waals surface area (Å²) in [7, 11) is 1.89. The van der Waals surface area contributed by atoms with Crippen LogP contribution in [0.15, 0.2) is 36.5 Å². The smallest absolute Gasteiger partial charge is 0.131 e. The van der Waals surface area contributed by atoms with E-state index in [-0.39, 0.29) is 0 Å². The molecular formula is C13H16N4. The molecule has 4 heteroatoms. The fourth-order valence-corrected chi connectivity index (χ4v) is 1.78. The van der Waals surface area contributed by atoms with Crippen LogP contribution in [-0.4, -0.2) is 12.0 Å².